The van der Waals surface area contributed by atoms with E-state index in [1.807, 2.05) is 48.5 Å². The topological polar surface area (TPSA) is 95.2 Å². The number of fused-ring (bicyclic) bond motifs is 2. The van der Waals surface area contributed by atoms with Gasteiger partial charge in [0, 0.05) is 12.1 Å². The van der Waals surface area contributed by atoms with E-state index in [-0.39, 0.29) is 25.4 Å². The van der Waals surface area contributed by atoms with Gasteiger partial charge in [-0.3, -0.25) is 9.89 Å². The molecule has 1 aliphatic heterocycles. The average molecular weight is 447 g/mol. The van der Waals surface area contributed by atoms with E-state index in [1.165, 1.54) is 4.31 Å². The van der Waals surface area contributed by atoms with E-state index >= 15 is 0 Å². The number of sulfonamides is 1. The van der Waals surface area contributed by atoms with Crippen molar-refractivity contribution in [3.05, 3.63) is 89.1 Å². The van der Waals surface area contributed by atoms with Crippen molar-refractivity contribution in [3.63, 3.8) is 0 Å². The van der Waals surface area contributed by atoms with Gasteiger partial charge in [0.2, 0.25) is 15.9 Å². The third-order valence-corrected chi connectivity index (χ3v) is 7.77. The quantitative estimate of drug-likeness (QED) is 0.488. The van der Waals surface area contributed by atoms with Crippen LogP contribution >= 0.6 is 0 Å². The lowest BCUT2D eigenvalue weighted by Crippen LogP contribution is -2.27. The van der Waals surface area contributed by atoms with E-state index in [4.69, 9.17) is 0 Å². The van der Waals surface area contributed by atoms with Gasteiger partial charge in [0.15, 0.2) is 5.82 Å². The molecule has 162 valence electrons. The van der Waals surface area contributed by atoms with Crippen molar-refractivity contribution in [3.8, 4) is 0 Å². The lowest BCUT2D eigenvalue weighted by atomic mass is 10.0. The monoisotopic (exact) mass is 446 g/mol. The summed E-state index contributed by atoms with van der Waals surface area (Å²) in [6.07, 6.45) is 0.203. The van der Waals surface area contributed by atoms with Gasteiger partial charge in [0.05, 0.1) is 23.6 Å². The summed E-state index contributed by atoms with van der Waals surface area (Å²) in [6, 6.07) is 20.7. The number of nitrogens with zero attached hydrogens (tertiary/aromatic N) is 2. The Hall–Kier alpha value is -3.49. The number of amides is 1. The molecule has 7 nitrogen and oxygen atoms in total. The molecule has 3 aromatic carbocycles. The number of hydrogen-bond donors (Lipinski definition) is 2. The van der Waals surface area contributed by atoms with Gasteiger partial charge >= 0.3 is 0 Å². The number of benzene rings is 3. The molecule has 2 N–H and O–H groups in total. The minimum Gasteiger partial charge on any atom is -0.309 e. The highest BCUT2D eigenvalue weighted by atomic mass is 32.2. The van der Waals surface area contributed by atoms with E-state index < -0.39 is 10.0 Å². The fourth-order valence-corrected chi connectivity index (χ4v) is 5.77. The van der Waals surface area contributed by atoms with E-state index in [1.54, 1.807) is 25.1 Å². The number of aromatic nitrogens is 2. The van der Waals surface area contributed by atoms with Gasteiger partial charge in [-0.05, 0) is 34.9 Å². The number of aryl methyl sites for hydroxylation is 1. The Morgan fingerprint density at radius 1 is 1.03 bits per heavy atom. The molecule has 0 fully saturated rings. The molecule has 1 aromatic heterocycles. The number of carbonyl (C=O) groups excluding carboxylic acids is 1. The molecular formula is C24H22N4O3S. The van der Waals surface area contributed by atoms with Crippen LogP contribution in [0.3, 0.4) is 0 Å². The molecule has 5 rings (SSSR count). The number of H-pyrrole nitrogens is 1. The molecule has 0 saturated heterocycles. The largest absolute Gasteiger partial charge is 0.309 e. The normalized spacial score (nSPS) is 13.9. The van der Waals surface area contributed by atoms with Crippen molar-refractivity contribution in [2.45, 2.75) is 31.3 Å². The predicted molar refractivity (Wildman–Crippen MR) is 122 cm³/mol. The molecule has 4 aromatic rings. The summed E-state index contributed by atoms with van der Waals surface area (Å²) in [6.45, 7) is 2.13. The Balaban J connectivity index is 1.34. The third-order valence-electron chi connectivity index (χ3n) is 5.82. The molecule has 2 heterocycles. The number of anilines is 1. The van der Waals surface area contributed by atoms with Crippen molar-refractivity contribution in [1.82, 2.24) is 14.5 Å². The van der Waals surface area contributed by atoms with Gasteiger partial charge in [-0.15, -0.1) is 0 Å². The molecule has 0 atom stereocenters. The van der Waals surface area contributed by atoms with E-state index in [9.17, 15) is 13.2 Å². The van der Waals surface area contributed by atoms with E-state index in [0.717, 1.165) is 16.3 Å². The molecule has 1 amide bonds. The van der Waals surface area contributed by atoms with E-state index in [0.29, 0.717) is 27.5 Å². The molecule has 0 bridgehead atoms. The van der Waals surface area contributed by atoms with Gasteiger partial charge in [0.25, 0.3) is 0 Å². The lowest BCUT2D eigenvalue weighted by molar-refractivity contribution is -0.115. The third kappa shape index (κ3) is 3.57. The van der Waals surface area contributed by atoms with Crippen LogP contribution < -0.4 is 5.32 Å². The maximum atomic E-state index is 13.1. The van der Waals surface area contributed by atoms with Crippen LogP contribution in [0.1, 0.15) is 22.4 Å². The van der Waals surface area contributed by atoms with Crippen LogP contribution in [0.4, 0.5) is 5.82 Å². The Morgan fingerprint density at radius 2 is 1.78 bits per heavy atom. The van der Waals surface area contributed by atoms with Crippen LogP contribution in [0, 0.1) is 6.92 Å². The van der Waals surface area contributed by atoms with E-state index in [2.05, 4.69) is 15.5 Å². The maximum Gasteiger partial charge on any atom is 0.243 e. The summed E-state index contributed by atoms with van der Waals surface area (Å²) in [5.41, 5.74) is 3.03. The second-order valence-electron chi connectivity index (χ2n) is 7.93. The zero-order valence-electron chi connectivity index (χ0n) is 17.5. The van der Waals surface area contributed by atoms with Crippen LogP contribution in [-0.4, -0.2) is 28.8 Å². The molecule has 32 heavy (non-hydrogen) atoms. The van der Waals surface area contributed by atoms with Gasteiger partial charge in [-0.2, -0.15) is 9.40 Å². The zero-order chi connectivity index (χ0) is 22.3. The summed E-state index contributed by atoms with van der Waals surface area (Å²) >= 11 is 0. The minimum atomic E-state index is -3.65. The highest BCUT2D eigenvalue weighted by molar-refractivity contribution is 7.89. The zero-order valence-corrected chi connectivity index (χ0v) is 18.3. The van der Waals surface area contributed by atoms with Crippen molar-refractivity contribution >= 4 is 32.5 Å². The lowest BCUT2D eigenvalue weighted by Gasteiger charge is -2.17. The maximum absolute atomic E-state index is 13.1. The average Bonchev–Trinajstić information content (AvgIpc) is 3.37. The predicted octanol–water partition coefficient (Wildman–Crippen LogP) is 3.76. The van der Waals surface area contributed by atoms with Gasteiger partial charge in [-0.1, -0.05) is 60.7 Å². The summed E-state index contributed by atoms with van der Waals surface area (Å²) in [4.78, 5) is 13.1. The number of rotatable bonds is 5. The van der Waals surface area contributed by atoms with Crippen molar-refractivity contribution < 1.29 is 13.2 Å². The Morgan fingerprint density at radius 3 is 2.62 bits per heavy atom. The Labute approximate surface area is 186 Å². The number of nitrogens with one attached hydrogen (secondary N) is 2. The second-order valence-corrected chi connectivity index (χ2v) is 9.84. The number of aromatic amines is 1. The fraction of sp³-hybridized carbons (Fsp3) is 0.167. The Kier molecular flexibility index (Phi) is 5.03. The minimum absolute atomic E-state index is 0.159. The first-order valence-electron chi connectivity index (χ1n) is 10.3. The molecule has 1 aliphatic rings. The first-order chi connectivity index (χ1) is 15.4. The van der Waals surface area contributed by atoms with Crippen LogP contribution in [0.5, 0.6) is 0 Å². The Bertz CT molecular complexity index is 1440. The molecule has 0 radical (unpaired) electrons. The van der Waals surface area contributed by atoms with Crippen molar-refractivity contribution in [1.29, 1.82) is 0 Å². The molecule has 0 aliphatic carbocycles. The molecular weight excluding hydrogens is 424 g/mol. The number of hydrogen-bond acceptors (Lipinski definition) is 4. The standard InChI is InChI=1S/C24H22N4O3S/c1-16-7-2-5-12-22(16)32(30,31)28-14-20-21(15-28)26-27-24(20)25-23(29)13-18-10-6-9-17-8-3-4-11-19(17)18/h2-12H,13-15H2,1H3,(H2,25,26,27,29). The van der Waals surface area contributed by atoms with Crippen molar-refractivity contribution in [2.75, 3.05) is 5.32 Å². The first kappa shape index (κ1) is 20.4. The number of carbonyl (C=O) groups is 1. The van der Waals surface area contributed by atoms with Crippen LogP contribution in [0.2, 0.25) is 0 Å². The van der Waals surface area contributed by atoms with Crippen LogP contribution in [0.25, 0.3) is 10.8 Å². The smallest absolute Gasteiger partial charge is 0.243 e. The molecule has 0 saturated carbocycles. The summed E-state index contributed by atoms with van der Waals surface area (Å²) in [5.74, 6) is 0.184. The van der Waals surface area contributed by atoms with Gasteiger partial charge in [-0.25, -0.2) is 8.42 Å². The highest BCUT2D eigenvalue weighted by Crippen LogP contribution is 2.32. The van der Waals surface area contributed by atoms with Gasteiger partial charge in [0.1, 0.15) is 0 Å². The molecule has 0 spiro atoms. The van der Waals surface area contributed by atoms with Crippen molar-refractivity contribution in [2.24, 2.45) is 0 Å². The SMILES string of the molecule is Cc1ccccc1S(=O)(=O)N1Cc2[nH]nc(NC(=O)Cc3cccc4ccccc34)c2C1. The van der Waals surface area contributed by atoms with Gasteiger partial charge < -0.3 is 5.32 Å². The fourth-order valence-electron chi connectivity index (χ4n) is 4.17. The molecule has 8 heteroatoms. The molecule has 0 unspecified atom stereocenters. The van der Waals surface area contributed by atoms with Crippen LogP contribution in [0.15, 0.2) is 71.6 Å². The van der Waals surface area contributed by atoms with Crippen LogP contribution in [-0.2, 0) is 34.3 Å². The summed E-state index contributed by atoms with van der Waals surface area (Å²) in [5, 5.41) is 12.1. The summed E-state index contributed by atoms with van der Waals surface area (Å²) < 4.78 is 27.7. The second kappa shape index (κ2) is 7.89. The summed E-state index contributed by atoms with van der Waals surface area (Å²) in [7, 11) is -3.65. The first-order valence-corrected chi connectivity index (χ1v) is 11.8. The highest BCUT2D eigenvalue weighted by Gasteiger charge is 2.34.